The van der Waals surface area contributed by atoms with Gasteiger partial charge < -0.3 is 9.64 Å². The van der Waals surface area contributed by atoms with Crippen LogP contribution in [0.2, 0.25) is 0 Å². The van der Waals surface area contributed by atoms with Crippen LogP contribution in [0.15, 0.2) is 47.5 Å². The van der Waals surface area contributed by atoms with Gasteiger partial charge in [-0.3, -0.25) is 9.78 Å². The topological polar surface area (TPSA) is 97.6 Å². The molecule has 1 aliphatic carbocycles. The minimum absolute atomic E-state index is 0.120. The summed E-state index contributed by atoms with van der Waals surface area (Å²) in [5, 5.41) is 3.84. The lowest BCUT2D eigenvalue weighted by molar-refractivity contribution is 0.209. The summed E-state index contributed by atoms with van der Waals surface area (Å²) in [5.74, 6) is -0.343. The zero-order valence-corrected chi connectivity index (χ0v) is 21.9. The van der Waals surface area contributed by atoms with E-state index in [0.717, 1.165) is 15.9 Å². The summed E-state index contributed by atoms with van der Waals surface area (Å²) in [4.78, 5) is 20.1. The Labute approximate surface area is 215 Å². The number of aryl methyl sites for hydroxylation is 1. The zero-order valence-electron chi connectivity index (χ0n) is 21.1. The number of halogens is 1. The van der Waals surface area contributed by atoms with E-state index in [4.69, 9.17) is 4.74 Å². The third kappa shape index (κ3) is 4.97. The van der Waals surface area contributed by atoms with Gasteiger partial charge in [0.15, 0.2) is 0 Å². The fraction of sp³-hybridized carbons (Fsp3) is 0.423. The normalized spacial score (nSPS) is 18.3. The summed E-state index contributed by atoms with van der Waals surface area (Å²) in [5.41, 5.74) is 3.00. The van der Waals surface area contributed by atoms with Gasteiger partial charge in [0, 0.05) is 50.9 Å². The smallest absolute Gasteiger partial charge is 0.316 e. The first-order chi connectivity index (χ1) is 17.6. The molecule has 1 atom stereocenters. The Kier molecular flexibility index (Phi) is 6.76. The molecule has 1 aliphatic heterocycles. The van der Waals surface area contributed by atoms with Gasteiger partial charge in [-0.05, 0) is 56.2 Å². The van der Waals surface area contributed by atoms with Crippen LogP contribution in [0.4, 0.5) is 10.1 Å². The first kappa shape index (κ1) is 25.3. The summed E-state index contributed by atoms with van der Waals surface area (Å²) in [6.45, 7) is 6.45. The van der Waals surface area contributed by atoms with Crippen molar-refractivity contribution in [3.8, 4) is 11.4 Å². The van der Waals surface area contributed by atoms with Crippen molar-refractivity contribution >= 4 is 15.7 Å². The number of anilines is 1. The van der Waals surface area contributed by atoms with E-state index in [2.05, 4.69) is 10.1 Å². The Hall–Kier alpha value is -3.31. The highest BCUT2D eigenvalue weighted by molar-refractivity contribution is 7.89. The summed E-state index contributed by atoms with van der Waals surface area (Å²) < 4.78 is 48.4. The van der Waals surface area contributed by atoms with Crippen LogP contribution < -0.4 is 15.2 Å². The fourth-order valence-electron chi connectivity index (χ4n) is 4.89. The van der Waals surface area contributed by atoms with Crippen molar-refractivity contribution in [1.82, 2.24) is 19.1 Å². The van der Waals surface area contributed by atoms with Crippen LogP contribution in [-0.2, 0) is 22.9 Å². The van der Waals surface area contributed by atoms with Crippen LogP contribution in [-0.4, -0.2) is 65.0 Å². The van der Waals surface area contributed by atoms with Crippen LogP contribution in [0, 0.1) is 12.7 Å². The highest BCUT2D eigenvalue weighted by Gasteiger charge is 2.32. The van der Waals surface area contributed by atoms with Gasteiger partial charge in [0.2, 0.25) is 15.8 Å². The molecular formula is C26H30FN5O4S. The molecule has 0 spiro atoms. The SMILES string of the molecule is Cc1cc(F)cc(-n2ncc(N3CCN(S(=O)(=O)C(C)C)CC3)c(OC3Cc4cccnc4C3)c2=O)c1. The van der Waals surface area contributed by atoms with Gasteiger partial charge in [-0.2, -0.15) is 14.1 Å². The van der Waals surface area contributed by atoms with Gasteiger partial charge in [0.05, 0.1) is 17.1 Å². The van der Waals surface area contributed by atoms with E-state index >= 15 is 0 Å². The van der Waals surface area contributed by atoms with E-state index in [1.54, 1.807) is 39.2 Å². The van der Waals surface area contributed by atoms with Gasteiger partial charge in [0.25, 0.3) is 0 Å². The molecule has 3 heterocycles. The number of nitrogens with zero attached hydrogens (tertiary/aromatic N) is 5. The van der Waals surface area contributed by atoms with Crippen molar-refractivity contribution in [2.24, 2.45) is 0 Å². The van der Waals surface area contributed by atoms with Crippen LogP contribution in [0.3, 0.4) is 0 Å². The van der Waals surface area contributed by atoms with E-state index in [-0.39, 0.29) is 11.9 Å². The average molecular weight is 528 g/mol. The number of hydrogen-bond acceptors (Lipinski definition) is 7. The first-order valence-corrected chi connectivity index (χ1v) is 13.9. The standard InChI is InChI=1S/C26H30FN5O4S/c1-17(2)37(34,35)31-9-7-30(8-10-31)24-16-29-32(21-12-18(3)11-20(27)14-21)26(33)25(24)36-22-13-19-5-4-6-28-23(19)15-22/h4-6,11-12,14,16-17,22H,7-10,13,15H2,1-3H3. The quantitative estimate of drug-likeness (QED) is 0.486. The summed E-state index contributed by atoms with van der Waals surface area (Å²) in [6, 6.07) is 8.21. The Morgan fingerprint density at radius 1 is 1.11 bits per heavy atom. The number of rotatable bonds is 6. The summed E-state index contributed by atoms with van der Waals surface area (Å²) in [6.07, 6.45) is 4.18. The van der Waals surface area contributed by atoms with E-state index in [1.807, 2.05) is 17.0 Å². The van der Waals surface area contributed by atoms with Gasteiger partial charge in [0.1, 0.15) is 17.6 Å². The second-order valence-electron chi connectivity index (χ2n) is 9.80. The number of fused-ring (bicyclic) bond motifs is 1. The summed E-state index contributed by atoms with van der Waals surface area (Å²) >= 11 is 0. The maximum Gasteiger partial charge on any atom is 0.316 e. The molecule has 0 bridgehead atoms. The number of benzene rings is 1. The number of aromatic nitrogens is 3. The van der Waals surface area contributed by atoms with E-state index < -0.39 is 26.6 Å². The molecule has 1 saturated heterocycles. The van der Waals surface area contributed by atoms with Crippen molar-refractivity contribution in [1.29, 1.82) is 0 Å². The number of pyridine rings is 1. The molecule has 0 saturated carbocycles. The van der Waals surface area contributed by atoms with Crippen molar-refractivity contribution in [3.63, 3.8) is 0 Å². The lowest BCUT2D eigenvalue weighted by atomic mass is 10.2. The molecule has 1 aromatic carbocycles. The van der Waals surface area contributed by atoms with E-state index in [1.165, 1.54) is 16.4 Å². The number of piperazine rings is 1. The van der Waals surface area contributed by atoms with Gasteiger partial charge >= 0.3 is 5.56 Å². The minimum Gasteiger partial charge on any atom is -0.482 e. The largest absolute Gasteiger partial charge is 0.482 e. The summed E-state index contributed by atoms with van der Waals surface area (Å²) in [7, 11) is -3.37. The van der Waals surface area contributed by atoms with Crippen LogP contribution in [0.5, 0.6) is 5.75 Å². The van der Waals surface area contributed by atoms with Gasteiger partial charge in [-0.1, -0.05) is 6.07 Å². The predicted octanol–water partition coefficient (Wildman–Crippen LogP) is 2.48. The second-order valence-corrected chi connectivity index (χ2v) is 12.3. The molecular weight excluding hydrogens is 497 g/mol. The Morgan fingerprint density at radius 3 is 2.54 bits per heavy atom. The maximum atomic E-state index is 14.1. The molecule has 37 heavy (non-hydrogen) atoms. The lowest BCUT2D eigenvalue weighted by Crippen LogP contribution is -2.50. The average Bonchev–Trinajstić information content (AvgIpc) is 3.27. The second kappa shape index (κ2) is 9.86. The third-order valence-corrected chi connectivity index (χ3v) is 9.14. The molecule has 0 amide bonds. The molecule has 5 rings (SSSR count). The Bertz CT molecular complexity index is 1440. The predicted molar refractivity (Wildman–Crippen MR) is 138 cm³/mol. The van der Waals surface area contributed by atoms with Crippen molar-refractivity contribution < 1.29 is 17.5 Å². The maximum absolute atomic E-state index is 14.1. The van der Waals surface area contributed by atoms with Crippen molar-refractivity contribution in [2.75, 3.05) is 31.1 Å². The highest BCUT2D eigenvalue weighted by atomic mass is 32.2. The molecule has 3 aromatic rings. The van der Waals surface area contributed by atoms with Crippen LogP contribution in [0.1, 0.15) is 30.7 Å². The first-order valence-electron chi connectivity index (χ1n) is 12.4. The Morgan fingerprint density at radius 2 is 1.86 bits per heavy atom. The number of ether oxygens (including phenoxy) is 1. The highest BCUT2D eigenvalue weighted by Crippen LogP contribution is 2.30. The van der Waals surface area contributed by atoms with Crippen molar-refractivity contribution in [3.05, 3.63) is 75.7 Å². The van der Waals surface area contributed by atoms with Crippen LogP contribution in [0.25, 0.3) is 5.69 Å². The number of sulfonamides is 1. The third-order valence-electron chi connectivity index (χ3n) is 6.86. The molecule has 2 aliphatic rings. The molecule has 11 heteroatoms. The number of hydrogen-bond donors (Lipinski definition) is 0. The minimum atomic E-state index is -3.37. The molecule has 196 valence electrons. The molecule has 0 radical (unpaired) electrons. The van der Waals surface area contributed by atoms with Crippen molar-refractivity contribution in [2.45, 2.75) is 45.0 Å². The zero-order chi connectivity index (χ0) is 26.3. The monoisotopic (exact) mass is 527 g/mol. The van der Waals surface area contributed by atoms with Gasteiger partial charge in [-0.25, -0.2) is 12.8 Å². The van der Waals surface area contributed by atoms with E-state index in [0.29, 0.717) is 56.0 Å². The lowest BCUT2D eigenvalue weighted by Gasteiger charge is -2.36. The molecule has 1 unspecified atom stereocenters. The molecule has 0 N–H and O–H groups in total. The molecule has 9 nitrogen and oxygen atoms in total. The fourth-order valence-corrected chi connectivity index (χ4v) is 6.16. The molecule has 2 aromatic heterocycles. The Balaban J connectivity index is 1.49. The van der Waals surface area contributed by atoms with Gasteiger partial charge in [-0.15, -0.1) is 0 Å². The molecule has 1 fully saturated rings. The van der Waals surface area contributed by atoms with Crippen LogP contribution >= 0.6 is 0 Å². The van der Waals surface area contributed by atoms with E-state index in [9.17, 15) is 17.6 Å².